The Hall–Kier alpha value is -1.06. The SMILES string of the molecule is CCC(CO)NCCc1ccc(OC)cc1. The largest absolute Gasteiger partial charge is 0.497 e. The molecular formula is C13H21NO2. The first-order valence-electron chi connectivity index (χ1n) is 5.77. The summed E-state index contributed by atoms with van der Waals surface area (Å²) in [7, 11) is 1.67. The highest BCUT2D eigenvalue weighted by Crippen LogP contribution is 2.11. The van der Waals surface area contributed by atoms with Gasteiger partial charge >= 0.3 is 0 Å². The number of ether oxygens (including phenoxy) is 1. The Balaban J connectivity index is 2.31. The van der Waals surface area contributed by atoms with Gasteiger partial charge in [0.05, 0.1) is 13.7 Å². The number of benzene rings is 1. The summed E-state index contributed by atoms with van der Waals surface area (Å²) in [6.45, 7) is 3.17. The lowest BCUT2D eigenvalue weighted by Gasteiger charge is -2.13. The monoisotopic (exact) mass is 223 g/mol. The summed E-state index contributed by atoms with van der Waals surface area (Å²) in [5, 5.41) is 12.3. The van der Waals surface area contributed by atoms with Gasteiger partial charge in [0, 0.05) is 6.04 Å². The van der Waals surface area contributed by atoms with Gasteiger partial charge in [0.25, 0.3) is 0 Å². The van der Waals surface area contributed by atoms with E-state index >= 15 is 0 Å². The van der Waals surface area contributed by atoms with Crippen molar-refractivity contribution in [3.63, 3.8) is 0 Å². The summed E-state index contributed by atoms with van der Waals surface area (Å²) in [5.41, 5.74) is 1.28. The molecule has 1 aromatic rings. The second kappa shape index (κ2) is 7.25. The first-order chi connectivity index (χ1) is 7.80. The third-order valence-electron chi connectivity index (χ3n) is 2.72. The normalized spacial score (nSPS) is 12.4. The number of nitrogens with one attached hydrogen (secondary N) is 1. The van der Waals surface area contributed by atoms with E-state index in [-0.39, 0.29) is 12.6 Å². The molecule has 1 rings (SSSR count). The highest BCUT2D eigenvalue weighted by Gasteiger charge is 2.02. The number of hydrogen-bond acceptors (Lipinski definition) is 3. The van der Waals surface area contributed by atoms with Crippen molar-refractivity contribution in [1.82, 2.24) is 5.32 Å². The van der Waals surface area contributed by atoms with Crippen LogP contribution >= 0.6 is 0 Å². The topological polar surface area (TPSA) is 41.5 Å². The van der Waals surface area contributed by atoms with Gasteiger partial charge in [0.1, 0.15) is 5.75 Å². The number of rotatable bonds is 7. The Labute approximate surface area is 97.4 Å². The van der Waals surface area contributed by atoms with E-state index < -0.39 is 0 Å². The fourth-order valence-electron chi connectivity index (χ4n) is 1.55. The average Bonchev–Trinajstić information content (AvgIpc) is 2.35. The molecule has 0 spiro atoms. The van der Waals surface area contributed by atoms with Crippen molar-refractivity contribution in [1.29, 1.82) is 0 Å². The van der Waals surface area contributed by atoms with Crippen LogP contribution in [0.1, 0.15) is 18.9 Å². The second-order valence-corrected chi connectivity index (χ2v) is 3.84. The van der Waals surface area contributed by atoms with E-state index in [0.29, 0.717) is 0 Å². The molecule has 0 aliphatic heterocycles. The minimum absolute atomic E-state index is 0.207. The molecule has 1 aromatic carbocycles. The van der Waals surface area contributed by atoms with E-state index in [9.17, 15) is 0 Å². The van der Waals surface area contributed by atoms with Crippen LogP contribution < -0.4 is 10.1 Å². The smallest absolute Gasteiger partial charge is 0.118 e. The van der Waals surface area contributed by atoms with Crippen LogP contribution in [-0.4, -0.2) is 31.4 Å². The first-order valence-corrected chi connectivity index (χ1v) is 5.77. The molecular weight excluding hydrogens is 202 g/mol. The molecule has 0 aromatic heterocycles. The zero-order valence-corrected chi connectivity index (χ0v) is 10.1. The Morgan fingerprint density at radius 2 is 2.00 bits per heavy atom. The summed E-state index contributed by atoms with van der Waals surface area (Å²) < 4.78 is 5.10. The quantitative estimate of drug-likeness (QED) is 0.737. The van der Waals surface area contributed by atoms with Gasteiger partial charge in [0.15, 0.2) is 0 Å². The van der Waals surface area contributed by atoms with E-state index in [0.717, 1.165) is 25.1 Å². The fourth-order valence-corrected chi connectivity index (χ4v) is 1.55. The zero-order valence-electron chi connectivity index (χ0n) is 10.1. The van der Waals surface area contributed by atoms with Gasteiger partial charge < -0.3 is 15.2 Å². The maximum absolute atomic E-state index is 9.01. The minimum atomic E-state index is 0.207. The van der Waals surface area contributed by atoms with Gasteiger partial charge in [-0.1, -0.05) is 19.1 Å². The van der Waals surface area contributed by atoms with E-state index in [1.807, 2.05) is 12.1 Å². The van der Waals surface area contributed by atoms with Crippen molar-refractivity contribution in [2.45, 2.75) is 25.8 Å². The van der Waals surface area contributed by atoms with Crippen molar-refractivity contribution < 1.29 is 9.84 Å². The second-order valence-electron chi connectivity index (χ2n) is 3.84. The van der Waals surface area contributed by atoms with Crippen LogP contribution in [0.4, 0.5) is 0 Å². The van der Waals surface area contributed by atoms with Crippen molar-refractivity contribution >= 4 is 0 Å². The van der Waals surface area contributed by atoms with Gasteiger partial charge in [-0.3, -0.25) is 0 Å². The van der Waals surface area contributed by atoms with Crippen molar-refractivity contribution in [2.24, 2.45) is 0 Å². The molecule has 0 fully saturated rings. The number of methoxy groups -OCH3 is 1. The summed E-state index contributed by atoms with van der Waals surface area (Å²) in [4.78, 5) is 0. The third-order valence-corrected chi connectivity index (χ3v) is 2.72. The maximum atomic E-state index is 9.01. The molecule has 0 heterocycles. The molecule has 3 nitrogen and oxygen atoms in total. The highest BCUT2D eigenvalue weighted by atomic mass is 16.5. The van der Waals surface area contributed by atoms with Gasteiger partial charge in [-0.2, -0.15) is 0 Å². The molecule has 0 saturated heterocycles. The Kier molecular flexibility index (Phi) is 5.90. The zero-order chi connectivity index (χ0) is 11.8. The molecule has 0 aliphatic carbocycles. The lowest BCUT2D eigenvalue weighted by molar-refractivity contribution is 0.240. The van der Waals surface area contributed by atoms with E-state index in [1.165, 1.54) is 5.56 Å². The van der Waals surface area contributed by atoms with Crippen LogP contribution in [0.5, 0.6) is 5.75 Å². The Bertz CT molecular complexity index is 280. The van der Waals surface area contributed by atoms with Gasteiger partial charge in [-0.05, 0) is 37.1 Å². The van der Waals surface area contributed by atoms with Gasteiger partial charge in [-0.25, -0.2) is 0 Å². The number of aliphatic hydroxyl groups is 1. The molecule has 0 bridgehead atoms. The summed E-state index contributed by atoms with van der Waals surface area (Å²) in [5.74, 6) is 0.888. The molecule has 2 N–H and O–H groups in total. The lowest BCUT2D eigenvalue weighted by atomic mass is 10.1. The molecule has 0 saturated carbocycles. The minimum Gasteiger partial charge on any atom is -0.497 e. The summed E-state index contributed by atoms with van der Waals surface area (Å²) in [6.07, 6.45) is 1.93. The van der Waals surface area contributed by atoms with Crippen LogP contribution in [0, 0.1) is 0 Å². The summed E-state index contributed by atoms with van der Waals surface area (Å²) in [6, 6.07) is 8.30. The average molecular weight is 223 g/mol. The molecule has 3 heteroatoms. The Morgan fingerprint density at radius 1 is 1.31 bits per heavy atom. The van der Waals surface area contributed by atoms with Crippen molar-refractivity contribution in [2.75, 3.05) is 20.3 Å². The fraction of sp³-hybridized carbons (Fsp3) is 0.538. The lowest BCUT2D eigenvalue weighted by Crippen LogP contribution is -2.33. The van der Waals surface area contributed by atoms with Crippen LogP contribution in [0.3, 0.4) is 0 Å². The molecule has 0 amide bonds. The summed E-state index contributed by atoms with van der Waals surface area (Å²) >= 11 is 0. The van der Waals surface area contributed by atoms with E-state index in [4.69, 9.17) is 9.84 Å². The van der Waals surface area contributed by atoms with E-state index in [2.05, 4.69) is 24.4 Å². The standard InChI is InChI=1S/C13H21NO2/c1-3-12(10-15)14-9-8-11-4-6-13(16-2)7-5-11/h4-7,12,14-15H,3,8-10H2,1-2H3. The van der Waals surface area contributed by atoms with Crippen LogP contribution in [0.2, 0.25) is 0 Å². The molecule has 0 aliphatic rings. The van der Waals surface area contributed by atoms with Crippen molar-refractivity contribution in [3.05, 3.63) is 29.8 Å². The van der Waals surface area contributed by atoms with Crippen molar-refractivity contribution in [3.8, 4) is 5.75 Å². The van der Waals surface area contributed by atoms with Crippen LogP contribution in [0.15, 0.2) is 24.3 Å². The predicted octanol–water partition coefficient (Wildman–Crippen LogP) is 1.60. The molecule has 90 valence electrons. The number of aliphatic hydroxyl groups excluding tert-OH is 1. The van der Waals surface area contributed by atoms with Gasteiger partial charge in [-0.15, -0.1) is 0 Å². The van der Waals surface area contributed by atoms with E-state index in [1.54, 1.807) is 7.11 Å². The predicted molar refractivity (Wildman–Crippen MR) is 65.9 cm³/mol. The molecule has 16 heavy (non-hydrogen) atoms. The molecule has 1 atom stereocenters. The maximum Gasteiger partial charge on any atom is 0.118 e. The van der Waals surface area contributed by atoms with Gasteiger partial charge in [0.2, 0.25) is 0 Å². The van der Waals surface area contributed by atoms with Crippen LogP contribution in [-0.2, 0) is 6.42 Å². The number of hydrogen-bond donors (Lipinski definition) is 2. The van der Waals surface area contributed by atoms with Crippen LogP contribution in [0.25, 0.3) is 0 Å². The Morgan fingerprint density at radius 3 is 2.50 bits per heavy atom. The molecule has 1 unspecified atom stereocenters. The first kappa shape index (κ1) is 13.0. The molecule has 0 radical (unpaired) electrons. The third kappa shape index (κ3) is 4.21. The highest BCUT2D eigenvalue weighted by molar-refractivity contribution is 5.27.